The topological polar surface area (TPSA) is 68.3 Å². The monoisotopic (exact) mass is 324 g/mol. The number of hydrogen-bond donors (Lipinski definition) is 1. The molecule has 0 aliphatic heterocycles. The SMILES string of the molecule is COC(=O)[C@H](NC(=O)c1cncc(F)c1)c1ccc(F)cc1F. The Balaban J connectivity index is 2.32. The molecule has 0 saturated carbocycles. The second kappa shape index (κ2) is 6.91. The lowest BCUT2D eigenvalue weighted by molar-refractivity contribution is -0.143. The Kier molecular flexibility index (Phi) is 4.95. The summed E-state index contributed by atoms with van der Waals surface area (Å²) < 4.78 is 44.4. The normalized spacial score (nSPS) is 11.7. The summed E-state index contributed by atoms with van der Waals surface area (Å²) in [5, 5.41) is 2.21. The van der Waals surface area contributed by atoms with Gasteiger partial charge in [-0.3, -0.25) is 9.78 Å². The quantitative estimate of drug-likeness (QED) is 0.875. The molecule has 1 atom stereocenters. The van der Waals surface area contributed by atoms with Crippen LogP contribution in [-0.2, 0) is 9.53 Å². The summed E-state index contributed by atoms with van der Waals surface area (Å²) in [6, 6.07) is 1.90. The molecule has 0 bridgehead atoms. The molecule has 0 aliphatic rings. The van der Waals surface area contributed by atoms with Crippen LogP contribution in [0.1, 0.15) is 22.0 Å². The van der Waals surface area contributed by atoms with Crippen molar-refractivity contribution < 1.29 is 27.5 Å². The molecule has 120 valence electrons. The molecular weight excluding hydrogens is 313 g/mol. The summed E-state index contributed by atoms with van der Waals surface area (Å²) in [6.45, 7) is 0. The van der Waals surface area contributed by atoms with Gasteiger partial charge in [-0.15, -0.1) is 0 Å². The summed E-state index contributed by atoms with van der Waals surface area (Å²) in [4.78, 5) is 27.4. The third-order valence-electron chi connectivity index (χ3n) is 2.95. The first kappa shape index (κ1) is 16.5. The summed E-state index contributed by atoms with van der Waals surface area (Å²) in [7, 11) is 1.05. The van der Waals surface area contributed by atoms with Gasteiger partial charge in [0.1, 0.15) is 17.5 Å². The van der Waals surface area contributed by atoms with E-state index < -0.39 is 35.4 Å². The van der Waals surface area contributed by atoms with E-state index in [2.05, 4.69) is 15.0 Å². The highest BCUT2D eigenvalue weighted by Gasteiger charge is 2.27. The highest BCUT2D eigenvalue weighted by Crippen LogP contribution is 2.20. The van der Waals surface area contributed by atoms with Crippen molar-refractivity contribution in [3.05, 3.63) is 65.2 Å². The summed E-state index contributed by atoms with van der Waals surface area (Å²) >= 11 is 0. The lowest BCUT2D eigenvalue weighted by atomic mass is 10.1. The smallest absolute Gasteiger partial charge is 0.333 e. The van der Waals surface area contributed by atoms with Crippen LogP contribution in [0.2, 0.25) is 0 Å². The van der Waals surface area contributed by atoms with Crippen molar-refractivity contribution in [2.45, 2.75) is 6.04 Å². The Bertz CT molecular complexity index is 752. The van der Waals surface area contributed by atoms with Crippen molar-refractivity contribution in [3.63, 3.8) is 0 Å². The molecule has 8 heteroatoms. The van der Waals surface area contributed by atoms with Gasteiger partial charge in [0.15, 0.2) is 6.04 Å². The minimum Gasteiger partial charge on any atom is -0.467 e. The Hall–Kier alpha value is -2.90. The molecular formula is C15H11F3N2O3. The Morgan fingerprint density at radius 1 is 1.13 bits per heavy atom. The fourth-order valence-electron chi connectivity index (χ4n) is 1.87. The van der Waals surface area contributed by atoms with Crippen LogP contribution in [0.25, 0.3) is 0 Å². The number of rotatable bonds is 4. The van der Waals surface area contributed by atoms with Crippen LogP contribution in [0.3, 0.4) is 0 Å². The molecule has 0 radical (unpaired) electrons. The van der Waals surface area contributed by atoms with E-state index in [0.717, 1.165) is 37.7 Å². The lowest BCUT2D eigenvalue weighted by Crippen LogP contribution is -2.35. The number of ether oxygens (including phenoxy) is 1. The minimum absolute atomic E-state index is 0.165. The zero-order chi connectivity index (χ0) is 17.0. The van der Waals surface area contributed by atoms with Crippen molar-refractivity contribution in [2.75, 3.05) is 7.11 Å². The number of pyridine rings is 1. The number of methoxy groups -OCH3 is 1. The van der Waals surface area contributed by atoms with Crippen LogP contribution in [0.5, 0.6) is 0 Å². The van der Waals surface area contributed by atoms with Gasteiger partial charge in [-0.1, -0.05) is 6.07 Å². The molecule has 1 aromatic heterocycles. The fourth-order valence-corrected chi connectivity index (χ4v) is 1.87. The highest BCUT2D eigenvalue weighted by atomic mass is 19.1. The van der Waals surface area contributed by atoms with Crippen LogP contribution in [0.4, 0.5) is 13.2 Å². The van der Waals surface area contributed by atoms with Gasteiger partial charge in [-0.25, -0.2) is 18.0 Å². The third-order valence-corrected chi connectivity index (χ3v) is 2.95. The van der Waals surface area contributed by atoms with Gasteiger partial charge in [0.25, 0.3) is 5.91 Å². The standard InChI is InChI=1S/C15H11F3N2O3/c1-23-15(22)13(11-3-2-9(16)5-12(11)18)20-14(21)8-4-10(17)7-19-6-8/h2-7,13H,1H3,(H,20,21)/t13-/m1/s1. The number of amides is 1. The van der Waals surface area contributed by atoms with Gasteiger partial charge < -0.3 is 10.1 Å². The number of halogens is 3. The molecule has 1 heterocycles. The molecule has 2 rings (SSSR count). The summed E-state index contributed by atoms with van der Waals surface area (Å²) in [5.74, 6) is -4.45. The fraction of sp³-hybridized carbons (Fsp3) is 0.133. The van der Waals surface area contributed by atoms with E-state index in [4.69, 9.17) is 0 Å². The van der Waals surface area contributed by atoms with Crippen LogP contribution in [0, 0.1) is 17.5 Å². The van der Waals surface area contributed by atoms with Crippen LogP contribution in [0.15, 0.2) is 36.7 Å². The number of carbonyl (C=O) groups is 2. The molecule has 0 spiro atoms. The number of esters is 1. The summed E-state index contributed by atoms with van der Waals surface area (Å²) in [6.07, 6.45) is 1.97. The number of carbonyl (C=O) groups excluding carboxylic acids is 2. The Labute approximate surface area is 129 Å². The van der Waals surface area contributed by atoms with Gasteiger partial charge in [-0.2, -0.15) is 0 Å². The van der Waals surface area contributed by atoms with Crippen molar-refractivity contribution in [1.29, 1.82) is 0 Å². The molecule has 1 amide bonds. The molecule has 2 aromatic rings. The van der Waals surface area contributed by atoms with Crippen molar-refractivity contribution in [1.82, 2.24) is 10.3 Å². The zero-order valence-corrected chi connectivity index (χ0v) is 11.8. The van der Waals surface area contributed by atoms with E-state index in [-0.39, 0.29) is 11.1 Å². The van der Waals surface area contributed by atoms with Gasteiger partial charge in [-0.05, 0) is 12.1 Å². The van der Waals surface area contributed by atoms with Gasteiger partial charge in [0, 0.05) is 17.8 Å². The average molecular weight is 324 g/mol. The number of hydrogen-bond acceptors (Lipinski definition) is 4. The minimum atomic E-state index is -1.52. The maximum Gasteiger partial charge on any atom is 0.333 e. The highest BCUT2D eigenvalue weighted by molar-refractivity contribution is 5.96. The zero-order valence-electron chi connectivity index (χ0n) is 11.8. The van der Waals surface area contributed by atoms with Crippen LogP contribution < -0.4 is 5.32 Å². The number of nitrogens with zero attached hydrogens (tertiary/aromatic N) is 1. The van der Waals surface area contributed by atoms with E-state index in [1.54, 1.807) is 0 Å². The van der Waals surface area contributed by atoms with Crippen molar-refractivity contribution in [2.24, 2.45) is 0 Å². The maximum absolute atomic E-state index is 13.8. The first-order chi connectivity index (χ1) is 10.9. The molecule has 0 saturated heterocycles. The molecule has 5 nitrogen and oxygen atoms in total. The largest absolute Gasteiger partial charge is 0.467 e. The van der Waals surface area contributed by atoms with Gasteiger partial charge in [0.2, 0.25) is 0 Å². The molecule has 0 fully saturated rings. The van der Waals surface area contributed by atoms with E-state index in [9.17, 15) is 22.8 Å². The number of aromatic nitrogens is 1. The van der Waals surface area contributed by atoms with E-state index in [1.165, 1.54) is 0 Å². The van der Waals surface area contributed by atoms with E-state index in [0.29, 0.717) is 6.07 Å². The molecule has 1 N–H and O–H groups in total. The predicted octanol–water partition coefficient (Wildman–Crippen LogP) is 2.14. The van der Waals surface area contributed by atoms with Crippen molar-refractivity contribution in [3.8, 4) is 0 Å². The Morgan fingerprint density at radius 3 is 2.48 bits per heavy atom. The van der Waals surface area contributed by atoms with Gasteiger partial charge in [0.05, 0.1) is 18.9 Å². The molecule has 0 unspecified atom stereocenters. The van der Waals surface area contributed by atoms with Crippen molar-refractivity contribution >= 4 is 11.9 Å². The van der Waals surface area contributed by atoms with Gasteiger partial charge >= 0.3 is 5.97 Å². The second-order valence-electron chi connectivity index (χ2n) is 4.49. The molecule has 23 heavy (non-hydrogen) atoms. The van der Waals surface area contributed by atoms with Crippen LogP contribution >= 0.6 is 0 Å². The van der Waals surface area contributed by atoms with Crippen LogP contribution in [-0.4, -0.2) is 24.0 Å². The first-order valence-electron chi connectivity index (χ1n) is 6.36. The average Bonchev–Trinajstić information content (AvgIpc) is 2.52. The number of nitrogens with one attached hydrogen (secondary N) is 1. The third kappa shape index (κ3) is 3.85. The molecule has 1 aromatic carbocycles. The van der Waals surface area contributed by atoms with E-state index >= 15 is 0 Å². The maximum atomic E-state index is 13.8. The first-order valence-corrected chi connectivity index (χ1v) is 6.36. The molecule has 0 aliphatic carbocycles. The van der Waals surface area contributed by atoms with E-state index in [1.807, 2.05) is 0 Å². The number of benzene rings is 1. The Morgan fingerprint density at radius 2 is 1.87 bits per heavy atom. The predicted molar refractivity (Wildman–Crippen MR) is 72.8 cm³/mol. The lowest BCUT2D eigenvalue weighted by Gasteiger charge is -2.17. The summed E-state index contributed by atoms with van der Waals surface area (Å²) in [5.41, 5.74) is -0.447. The second-order valence-corrected chi connectivity index (χ2v) is 4.49.